The molecule has 0 fully saturated rings. The predicted octanol–water partition coefficient (Wildman–Crippen LogP) is 3.80. The highest BCUT2D eigenvalue weighted by molar-refractivity contribution is 5.94. The largest absolute Gasteiger partial charge is 0.394 e. The molecular formula is C27H26N2O4. The number of hydrogen-bond acceptors (Lipinski definition) is 4. The molecule has 33 heavy (non-hydrogen) atoms. The average molecular weight is 443 g/mol. The number of carbonyl (C=O) groups is 2. The van der Waals surface area contributed by atoms with E-state index < -0.39 is 18.2 Å². The van der Waals surface area contributed by atoms with Crippen molar-refractivity contribution >= 4 is 17.5 Å². The molecule has 0 spiro atoms. The molecule has 1 aliphatic rings. The van der Waals surface area contributed by atoms with Crippen LogP contribution in [0.2, 0.25) is 0 Å². The van der Waals surface area contributed by atoms with Crippen molar-refractivity contribution in [3.05, 3.63) is 103 Å². The summed E-state index contributed by atoms with van der Waals surface area (Å²) in [4.78, 5) is 24.9. The van der Waals surface area contributed by atoms with E-state index >= 15 is 0 Å². The summed E-state index contributed by atoms with van der Waals surface area (Å²) in [5, 5.41) is 15.5. The number of aliphatic hydroxyl groups excluding tert-OH is 1. The number of rotatable bonds is 7. The second-order valence-electron chi connectivity index (χ2n) is 7.84. The van der Waals surface area contributed by atoms with Gasteiger partial charge in [0.05, 0.1) is 25.2 Å². The molecule has 1 aliphatic heterocycles. The van der Waals surface area contributed by atoms with Crippen LogP contribution in [0.5, 0.6) is 0 Å². The Bertz CT molecular complexity index is 1100. The highest BCUT2D eigenvalue weighted by Gasteiger charge is 2.29. The number of benzene rings is 3. The van der Waals surface area contributed by atoms with Gasteiger partial charge in [0.2, 0.25) is 5.91 Å². The van der Waals surface area contributed by atoms with Crippen LogP contribution in [0, 0.1) is 0 Å². The molecule has 3 atom stereocenters. The standard InChI is InChI=1S/C27H26N2O4/c30-18-25-24(29-27(32)21-9-5-2-6-10-21)16-15-23(33-25)17-26(31)28-22-13-11-20(12-14-22)19-7-3-1-4-8-19/h1-16,23-25,30H,17-18H2,(H,28,31)(H,29,32)/t23-,24+,25+/m0/s1. The molecule has 0 bridgehead atoms. The topological polar surface area (TPSA) is 87.7 Å². The lowest BCUT2D eigenvalue weighted by atomic mass is 10.0. The Morgan fingerprint density at radius 1 is 0.818 bits per heavy atom. The average Bonchev–Trinajstić information content (AvgIpc) is 2.86. The second kappa shape index (κ2) is 10.7. The first-order valence-corrected chi connectivity index (χ1v) is 10.9. The Hall–Kier alpha value is -3.74. The molecule has 0 unspecified atom stereocenters. The summed E-state index contributed by atoms with van der Waals surface area (Å²) in [6.07, 6.45) is 2.51. The van der Waals surface area contributed by atoms with E-state index in [9.17, 15) is 14.7 Å². The first-order chi connectivity index (χ1) is 16.1. The zero-order chi connectivity index (χ0) is 23.0. The molecular weight excluding hydrogens is 416 g/mol. The monoisotopic (exact) mass is 442 g/mol. The summed E-state index contributed by atoms with van der Waals surface area (Å²) >= 11 is 0. The summed E-state index contributed by atoms with van der Waals surface area (Å²) < 4.78 is 5.86. The Balaban J connectivity index is 1.32. The van der Waals surface area contributed by atoms with Gasteiger partial charge in [0, 0.05) is 11.3 Å². The van der Waals surface area contributed by atoms with E-state index in [0.29, 0.717) is 11.3 Å². The predicted molar refractivity (Wildman–Crippen MR) is 128 cm³/mol. The van der Waals surface area contributed by atoms with Crippen LogP contribution in [0.1, 0.15) is 16.8 Å². The highest BCUT2D eigenvalue weighted by Crippen LogP contribution is 2.22. The summed E-state index contributed by atoms with van der Waals surface area (Å²) in [6, 6.07) is 26.0. The van der Waals surface area contributed by atoms with Crippen LogP contribution in [0.25, 0.3) is 11.1 Å². The first-order valence-electron chi connectivity index (χ1n) is 10.9. The van der Waals surface area contributed by atoms with Crippen molar-refractivity contribution in [1.82, 2.24) is 5.32 Å². The minimum absolute atomic E-state index is 0.104. The van der Waals surface area contributed by atoms with Crippen molar-refractivity contribution in [2.75, 3.05) is 11.9 Å². The maximum atomic E-state index is 12.5. The van der Waals surface area contributed by atoms with E-state index in [1.165, 1.54) is 0 Å². The molecule has 1 heterocycles. The van der Waals surface area contributed by atoms with Gasteiger partial charge in [0.25, 0.3) is 5.91 Å². The molecule has 0 aliphatic carbocycles. The number of aliphatic hydroxyl groups is 1. The van der Waals surface area contributed by atoms with E-state index in [-0.39, 0.29) is 24.8 Å². The second-order valence-corrected chi connectivity index (χ2v) is 7.84. The van der Waals surface area contributed by atoms with Crippen molar-refractivity contribution in [3.63, 3.8) is 0 Å². The molecule has 0 radical (unpaired) electrons. The van der Waals surface area contributed by atoms with E-state index in [1.807, 2.05) is 60.7 Å². The summed E-state index contributed by atoms with van der Waals surface area (Å²) in [6.45, 7) is -0.275. The van der Waals surface area contributed by atoms with Gasteiger partial charge in [0.1, 0.15) is 6.10 Å². The fraction of sp³-hybridized carbons (Fsp3) is 0.185. The molecule has 6 nitrogen and oxygen atoms in total. The number of ether oxygens (including phenoxy) is 1. The van der Waals surface area contributed by atoms with Crippen molar-refractivity contribution in [1.29, 1.82) is 0 Å². The minimum atomic E-state index is -0.634. The lowest BCUT2D eigenvalue weighted by Crippen LogP contribution is -2.48. The third kappa shape index (κ3) is 5.94. The van der Waals surface area contributed by atoms with Gasteiger partial charge in [-0.2, -0.15) is 0 Å². The zero-order valence-electron chi connectivity index (χ0n) is 18.1. The fourth-order valence-electron chi connectivity index (χ4n) is 3.73. The Morgan fingerprint density at radius 3 is 2.12 bits per heavy atom. The van der Waals surface area contributed by atoms with Crippen LogP contribution in [0.15, 0.2) is 97.1 Å². The van der Waals surface area contributed by atoms with Gasteiger partial charge in [-0.1, -0.05) is 72.8 Å². The van der Waals surface area contributed by atoms with Gasteiger partial charge < -0.3 is 20.5 Å². The third-order valence-electron chi connectivity index (χ3n) is 5.46. The smallest absolute Gasteiger partial charge is 0.251 e. The molecule has 0 saturated carbocycles. The van der Waals surface area contributed by atoms with E-state index in [1.54, 1.807) is 36.4 Å². The van der Waals surface area contributed by atoms with Gasteiger partial charge >= 0.3 is 0 Å². The molecule has 3 aromatic carbocycles. The molecule has 3 N–H and O–H groups in total. The van der Waals surface area contributed by atoms with Gasteiger partial charge in [-0.15, -0.1) is 0 Å². The lowest BCUT2D eigenvalue weighted by molar-refractivity contribution is -0.120. The number of hydrogen-bond donors (Lipinski definition) is 3. The molecule has 4 rings (SSSR count). The third-order valence-corrected chi connectivity index (χ3v) is 5.46. The van der Waals surface area contributed by atoms with Crippen LogP contribution in [0.4, 0.5) is 5.69 Å². The van der Waals surface area contributed by atoms with Crippen molar-refractivity contribution in [2.45, 2.75) is 24.7 Å². The molecule has 2 amide bonds. The van der Waals surface area contributed by atoms with Gasteiger partial charge in [-0.3, -0.25) is 9.59 Å². The number of amides is 2. The van der Waals surface area contributed by atoms with Crippen molar-refractivity contribution in [2.24, 2.45) is 0 Å². The maximum absolute atomic E-state index is 12.5. The molecule has 168 valence electrons. The summed E-state index contributed by atoms with van der Waals surface area (Å²) in [7, 11) is 0. The SMILES string of the molecule is O=C(C[C@@H]1C=C[C@@H](NC(=O)c2ccccc2)[C@@H](CO)O1)Nc1ccc(-c2ccccc2)cc1. The molecule has 0 aromatic heterocycles. The fourth-order valence-corrected chi connectivity index (χ4v) is 3.73. The van der Waals surface area contributed by atoms with Crippen molar-refractivity contribution < 1.29 is 19.4 Å². The molecule has 3 aromatic rings. The van der Waals surface area contributed by atoms with Crippen LogP contribution in [-0.2, 0) is 9.53 Å². The maximum Gasteiger partial charge on any atom is 0.251 e. The number of anilines is 1. The van der Waals surface area contributed by atoms with Gasteiger partial charge in [0.15, 0.2) is 0 Å². The normalized spacial score (nSPS) is 19.6. The summed E-state index contributed by atoms with van der Waals surface area (Å²) in [5.41, 5.74) is 3.41. The molecule has 0 saturated heterocycles. The van der Waals surface area contributed by atoms with Crippen LogP contribution < -0.4 is 10.6 Å². The number of carbonyl (C=O) groups excluding carboxylic acids is 2. The van der Waals surface area contributed by atoms with Crippen molar-refractivity contribution in [3.8, 4) is 11.1 Å². The highest BCUT2D eigenvalue weighted by atomic mass is 16.5. The van der Waals surface area contributed by atoms with Crippen LogP contribution in [0.3, 0.4) is 0 Å². The Labute approximate surface area is 192 Å². The van der Waals surface area contributed by atoms with E-state index in [0.717, 1.165) is 11.1 Å². The van der Waals surface area contributed by atoms with Gasteiger partial charge in [-0.05, 0) is 35.4 Å². The quantitative estimate of drug-likeness (QED) is 0.486. The summed E-state index contributed by atoms with van der Waals surface area (Å²) in [5.74, 6) is -0.442. The minimum Gasteiger partial charge on any atom is -0.394 e. The first kappa shape index (κ1) is 22.5. The Kier molecular flexibility index (Phi) is 7.29. The Morgan fingerprint density at radius 2 is 1.45 bits per heavy atom. The van der Waals surface area contributed by atoms with Gasteiger partial charge in [-0.25, -0.2) is 0 Å². The zero-order valence-corrected chi connectivity index (χ0v) is 18.1. The van der Waals surface area contributed by atoms with Crippen LogP contribution >= 0.6 is 0 Å². The lowest BCUT2D eigenvalue weighted by Gasteiger charge is -2.31. The van der Waals surface area contributed by atoms with Crippen LogP contribution in [-0.4, -0.2) is 41.8 Å². The van der Waals surface area contributed by atoms with E-state index in [2.05, 4.69) is 10.6 Å². The molecule has 6 heteroatoms. The number of nitrogens with one attached hydrogen (secondary N) is 2. The van der Waals surface area contributed by atoms with E-state index in [4.69, 9.17) is 4.74 Å².